The average molecular weight is 482 g/mol. The van der Waals surface area contributed by atoms with Crippen LogP contribution in [0.5, 0.6) is 0 Å². The van der Waals surface area contributed by atoms with Gasteiger partial charge in [-0.1, -0.05) is 11.6 Å². The van der Waals surface area contributed by atoms with Crippen molar-refractivity contribution in [1.82, 2.24) is 15.1 Å². The molecular formula is C23H23ClF3N3O3. The van der Waals surface area contributed by atoms with Crippen molar-refractivity contribution in [2.24, 2.45) is 0 Å². The van der Waals surface area contributed by atoms with E-state index < -0.39 is 11.7 Å². The summed E-state index contributed by atoms with van der Waals surface area (Å²) in [6.07, 6.45) is -3.72. The van der Waals surface area contributed by atoms with Crippen LogP contribution in [0, 0.1) is 0 Å². The van der Waals surface area contributed by atoms with Gasteiger partial charge in [-0.05, 0) is 55.0 Å². The SMILES string of the molecule is O=C(NCCCC(=O)N1CCN(C(=O)c2ccc(C(F)(F)F)cc2)CC1)c1ccc(Cl)cc1. The third-order valence-corrected chi connectivity index (χ3v) is 5.59. The molecule has 0 bridgehead atoms. The molecule has 0 spiro atoms. The molecule has 2 aromatic rings. The molecule has 0 saturated carbocycles. The minimum absolute atomic E-state index is 0.0719. The van der Waals surface area contributed by atoms with Crippen LogP contribution in [0.15, 0.2) is 48.5 Å². The number of benzene rings is 2. The fourth-order valence-corrected chi connectivity index (χ4v) is 3.57. The van der Waals surface area contributed by atoms with Crippen LogP contribution in [0.2, 0.25) is 5.02 Å². The van der Waals surface area contributed by atoms with Crippen molar-refractivity contribution in [3.8, 4) is 0 Å². The van der Waals surface area contributed by atoms with E-state index in [1.807, 2.05) is 0 Å². The van der Waals surface area contributed by atoms with Gasteiger partial charge in [0.1, 0.15) is 0 Å². The smallest absolute Gasteiger partial charge is 0.352 e. The van der Waals surface area contributed by atoms with Gasteiger partial charge in [-0.2, -0.15) is 13.2 Å². The lowest BCUT2D eigenvalue weighted by Crippen LogP contribution is -2.50. The molecule has 1 saturated heterocycles. The van der Waals surface area contributed by atoms with Gasteiger partial charge in [-0.3, -0.25) is 14.4 Å². The zero-order valence-corrected chi connectivity index (χ0v) is 18.5. The van der Waals surface area contributed by atoms with E-state index in [0.717, 1.165) is 12.1 Å². The number of carbonyl (C=O) groups is 3. The van der Waals surface area contributed by atoms with Crippen LogP contribution >= 0.6 is 11.6 Å². The van der Waals surface area contributed by atoms with E-state index in [2.05, 4.69) is 5.32 Å². The monoisotopic (exact) mass is 481 g/mol. The highest BCUT2D eigenvalue weighted by Crippen LogP contribution is 2.29. The molecule has 1 aliphatic heterocycles. The second kappa shape index (κ2) is 10.7. The van der Waals surface area contributed by atoms with Crippen molar-refractivity contribution in [3.63, 3.8) is 0 Å². The zero-order valence-electron chi connectivity index (χ0n) is 17.7. The van der Waals surface area contributed by atoms with Crippen molar-refractivity contribution in [2.75, 3.05) is 32.7 Å². The lowest BCUT2D eigenvalue weighted by Gasteiger charge is -2.35. The van der Waals surface area contributed by atoms with Crippen LogP contribution in [0.1, 0.15) is 39.1 Å². The number of carbonyl (C=O) groups excluding carboxylic acids is 3. The molecule has 176 valence electrons. The maximum absolute atomic E-state index is 12.7. The Morgan fingerprint density at radius 2 is 1.39 bits per heavy atom. The summed E-state index contributed by atoms with van der Waals surface area (Å²) >= 11 is 5.80. The molecule has 0 aliphatic carbocycles. The van der Waals surface area contributed by atoms with Crippen molar-refractivity contribution in [1.29, 1.82) is 0 Å². The summed E-state index contributed by atoms with van der Waals surface area (Å²) < 4.78 is 38.0. The van der Waals surface area contributed by atoms with Crippen LogP contribution in [0.4, 0.5) is 13.2 Å². The van der Waals surface area contributed by atoms with Crippen LogP contribution < -0.4 is 5.32 Å². The molecule has 1 fully saturated rings. The minimum atomic E-state index is -4.45. The molecule has 0 radical (unpaired) electrons. The van der Waals surface area contributed by atoms with Gasteiger partial charge in [0, 0.05) is 55.3 Å². The molecule has 1 aliphatic rings. The molecule has 3 rings (SSSR count). The Balaban J connectivity index is 1.39. The summed E-state index contributed by atoms with van der Waals surface area (Å²) in [6, 6.07) is 10.6. The van der Waals surface area contributed by atoms with E-state index in [1.165, 1.54) is 17.0 Å². The number of hydrogen-bond donors (Lipinski definition) is 1. The van der Waals surface area contributed by atoms with Gasteiger partial charge in [0.25, 0.3) is 11.8 Å². The third kappa shape index (κ3) is 6.71. The first-order chi connectivity index (χ1) is 15.6. The molecule has 2 aromatic carbocycles. The van der Waals surface area contributed by atoms with Gasteiger partial charge in [-0.25, -0.2) is 0 Å². The Morgan fingerprint density at radius 3 is 1.97 bits per heavy atom. The second-order valence-electron chi connectivity index (χ2n) is 7.61. The summed E-state index contributed by atoms with van der Waals surface area (Å²) in [5.74, 6) is -0.674. The summed E-state index contributed by atoms with van der Waals surface area (Å²) in [5.41, 5.74) is -0.141. The number of rotatable bonds is 6. The van der Waals surface area contributed by atoms with E-state index in [0.29, 0.717) is 49.7 Å². The van der Waals surface area contributed by atoms with Crippen molar-refractivity contribution in [2.45, 2.75) is 19.0 Å². The lowest BCUT2D eigenvalue weighted by molar-refractivity contribution is -0.137. The Kier molecular flexibility index (Phi) is 7.97. The highest BCUT2D eigenvalue weighted by Gasteiger charge is 2.31. The van der Waals surface area contributed by atoms with Crippen LogP contribution in [-0.2, 0) is 11.0 Å². The molecular weight excluding hydrogens is 459 g/mol. The molecule has 6 nitrogen and oxygen atoms in total. The Bertz CT molecular complexity index is 987. The highest BCUT2D eigenvalue weighted by molar-refractivity contribution is 6.30. The standard InChI is InChI=1S/C23H23ClF3N3O3/c24-19-9-5-16(6-10-19)21(32)28-11-1-2-20(31)29-12-14-30(15-13-29)22(33)17-3-7-18(8-4-17)23(25,26)27/h3-10H,1-2,11-15H2,(H,28,32). The molecule has 3 amide bonds. The maximum atomic E-state index is 12.7. The zero-order chi connectivity index (χ0) is 24.0. The summed E-state index contributed by atoms with van der Waals surface area (Å²) in [6.45, 7) is 1.65. The quantitative estimate of drug-likeness (QED) is 0.637. The Hall–Kier alpha value is -3.07. The lowest BCUT2D eigenvalue weighted by atomic mass is 10.1. The number of halogens is 4. The Labute approximate surface area is 194 Å². The van der Waals surface area contributed by atoms with Crippen molar-refractivity contribution in [3.05, 3.63) is 70.2 Å². The number of amides is 3. The predicted molar refractivity (Wildman–Crippen MR) is 117 cm³/mol. The topological polar surface area (TPSA) is 69.7 Å². The summed E-state index contributed by atoms with van der Waals surface area (Å²) in [4.78, 5) is 40.2. The second-order valence-corrected chi connectivity index (χ2v) is 8.05. The van der Waals surface area contributed by atoms with E-state index in [4.69, 9.17) is 11.6 Å². The third-order valence-electron chi connectivity index (χ3n) is 5.34. The van der Waals surface area contributed by atoms with Crippen molar-refractivity contribution < 1.29 is 27.6 Å². The number of piperazine rings is 1. The maximum Gasteiger partial charge on any atom is 0.416 e. The van der Waals surface area contributed by atoms with Crippen LogP contribution in [-0.4, -0.2) is 60.2 Å². The fourth-order valence-electron chi connectivity index (χ4n) is 3.45. The van der Waals surface area contributed by atoms with Crippen LogP contribution in [0.3, 0.4) is 0 Å². The Morgan fingerprint density at radius 1 is 0.848 bits per heavy atom. The predicted octanol–water partition coefficient (Wildman–Crippen LogP) is 3.85. The first kappa shape index (κ1) is 24.6. The van der Waals surface area contributed by atoms with Gasteiger partial charge in [-0.15, -0.1) is 0 Å². The first-order valence-corrected chi connectivity index (χ1v) is 10.8. The van der Waals surface area contributed by atoms with Gasteiger partial charge in [0.15, 0.2) is 0 Å². The number of nitrogens with one attached hydrogen (secondary N) is 1. The van der Waals surface area contributed by atoms with Crippen LogP contribution in [0.25, 0.3) is 0 Å². The van der Waals surface area contributed by atoms with E-state index in [9.17, 15) is 27.6 Å². The van der Waals surface area contributed by atoms with Crippen molar-refractivity contribution >= 4 is 29.3 Å². The molecule has 1 heterocycles. The van der Waals surface area contributed by atoms with Gasteiger partial charge >= 0.3 is 6.18 Å². The fraction of sp³-hybridized carbons (Fsp3) is 0.348. The number of alkyl halides is 3. The number of nitrogens with zero attached hydrogens (tertiary/aromatic N) is 2. The largest absolute Gasteiger partial charge is 0.416 e. The average Bonchev–Trinajstić information content (AvgIpc) is 2.81. The summed E-state index contributed by atoms with van der Waals surface area (Å²) in [7, 11) is 0. The van der Waals surface area contributed by atoms with Gasteiger partial charge in [0.2, 0.25) is 5.91 Å². The van der Waals surface area contributed by atoms with Gasteiger partial charge < -0.3 is 15.1 Å². The van der Waals surface area contributed by atoms with E-state index in [1.54, 1.807) is 29.2 Å². The summed E-state index contributed by atoms with van der Waals surface area (Å²) in [5, 5.41) is 3.29. The molecule has 33 heavy (non-hydrogen) atoms. The van der Waals surface area contributed by atoms with Gasteiger partial charge in [0.05, 0.1) is 5.56 Å². The minimum Gasteiger partial charge on any atom is -0.352 e. The molecule has 0 unspecified atom stereocenters. The number of hydrogen-bond acceptors (Lipinski definition) is 3. The molecule has 0 atom stereocenters. The first-order valence-electron chi connectivity index (χ1n) is 10.4. The molecule has 10 heteroatoms. The molecule has 1 N–H and O–H groups in total. The molecule has 0 aromatic heterocycles. The van der Waals surface area contributed by atoms with E-state index >= 15 is 0 Å². The van der Waals surface area contributed by atoms with E-state index in [-0.39, 0.29) is 29.7 Å². The highest BCUT2D eigenvalue weighted by atomic mass is 35.5. The normalized spacial score (nSPS) is 14.2.